The van der Waals surface area contributed by atoms with Crippen LogP contribution in [0.25, 0.3) is 0 Å². The maximum absolute atomic E-state index is 5.73. The summed E-state index contributed by atoms with van der Waals surface area (Å²) in [6, 6.07) is 0. The third kappa shape index (κ3) is 2.88. The SMILES string of the molecule is ClCc1cnc(CSC2CCCC2)s1. The van der Waals surface area contributed by atoms with Crippen molar-refractivity contribution in [1.82, 2.24) is 4.98 Å². The Hall–Kier alpha value is 0.270. The molecule has 0 N–H and O–H groups in total. The van der Waals surface area contributed by atoms with Crippen LogP contribution in [0.15, 0.2) is 6.20 Å². The molecule has 1 saturated carbocycles. The highest BCUT2D eigenvalue weighted by Crippen LogP contribution is 2.32. The average molecular weight is 248 g/mol. The van der Waals surface area contributed by atoms with E-state index in [1.807, 2.05) is 6.20 Å². The van der Waals surface area contributed by atoms with Crippen LogP contribution in [0.3, 0.4) is 0 Å². The van der Waals surface area contributed by atoms with Gasteiger partial charge in [-0.2, -0.15) is 11.8 Å². The Morgan fingerprint density at radius 1 is 1.50 bits per heavy atom. The van der Waals surface area contributed by atoms with E-state index < -0.39 is 0 Å². The second-order valence-electron chi connectivity index (χ2n) is 3.57. The highest BCUT2D eigenvalue weighted by molar-refractivity contribution is 7.99. The van der Waals surface area contributed by atoms with Gasteiger partial charge in [-0.25, -0.2) is 4.98 Å². The first-order chi connectivity index (χ1) is 6.88. The molecule has 1 fully saturated rings. The molecular weight excluding hydrogens is 234 g/mol. The van der Waals surface area contributed by atoms with Gasteiger partial charge in [0, 0.05) is 22.1 Å². The lowest BCUT2D eigenvalue weighted by Gasteiger charge is -2.05. The smallest absolute Gasteiger partial charge is 0.103 e. The Morgan fingerprint density at radius 2 is 2.29 bits per heavy atom. The van der Waals surface area contributed by atoms with Crippen LogP contribution < -0.4 is 0 Å². The molecule has 0 atom stereocenters. The van der Waals surface area contributed by atoms with Gasteiger partial charge in [0.2, 0.25) is 0 Å². The summed E-state index contributed by atoms with van der Waals surface area (Å²) in [5, 5.41) is 2.12. The maximum Gasteiger partial charge on any atom is 0.103 e. The molecule has 14 heavy (non-hydrogen) atoms. The van der Waals surface area contributed by atoms with Crippen molar-refractivity contribution in [3.63, 3.8) is 0 Å². The van der Waals surface area contributed by atoms with Crippen LogP contribution in [0.1, 0.15) is 35.6 Å². The molecule has 0 amide bonds. The Labute approximate surface area is 98.3 Å². The first-order valence-electron chi connectivity index (χ1n) is 4.99. The van der Waals surface area contributed by atoms with Crippen LogP contribution in [0, 0.1) is 0 Å². The summed E-state index contributed by atoms with van der Waals surface area (Å²) in [6.07, 6.45) is 7.55. The fourth-order valence-electron chi connectivity index (χ4n) is 1.72. The number of thiazole rings is 1. The van der Waals surface area contributed by atoms with Gasteiger partial charge in [-0.05, 0) is 12.8 Å². The highest BCUT2D eigenvalue weighted by Gasteiger charge is 2.15. The first-order valence-corrected chi connectivity index (χ1v) is 7.39. The monoisotopic (exact) mass is 247 g/mol. The normalized spacial score (nSPS) is 17.8. The van der Waals surface area contributed by atoms with Gasteiger partial charge in [0.15, 0.2) is 0 Å². The van der Waals surface area contributed by atoms with Crippen molar-refractivity contribution in [3.8, 4) is 0 Å². The van der Waals surface area contributed by atoms with Gasteiger partial charge >= 0.3 is 0 Å². The van der Waals surface area contributed by atoms with Gasteiger partial charge in [0.05, 0.1) is 5.88 Å². The highest BCUT2D eigenvalue weighted by atomic mass is 35.5. The zero-order valence-electron chi connectivity index (χ0n) is 8.04. The standard InChI is InChI=1S/C10H14ClNS2/c11-5-9-6-12-10(14-9)7-13-8-3-1-2-4-8/h6,8H,1-5,7H2. The summed E-state index contributed by atoms with van der Waals surface area (Å²) >= 11 is 9.55. The van der Waals surface area contributed by atoms with E-state index >= 15 is 0 Å². The second kappa shape index (κ2) is 5.38. The van der Waals surface area contributed by atoms with E-state index in [2.05, 4.69) is 16.7 Å². The van der Waals surface area contributed by atoms with E-state index in [1.165, 1.54) is 35.6 Å². The Balaban J connectivity index is 1.79. The summed E-state index contributed by atoms with van der Waals surface area (Å²) in [5.41, 5.74) is 0. The zero-order valence-corrected chi connectivity index (χ0v) is 10.4. The number of hydrogen-bond acceptors (Lipinski definition) is 3. The average Bonchev–Trinajstić information content (AvgIpc) is 2.86. The predicted molar refractivity (Wildman–Crippen MR) is 65.2 cm³/mol. The van der Waals surface area contributed by atoms with Crippen LogP contribution in [-0.4, -0.2) is 10.2 Å². The lowest BCUT2D eigenvalue weighted by Crippen LogP contribution is -1.94. The quantitative estimate of drug-likeness (QED) is 0.745. The van der Waals surface area contributed by atoms with Gasteiger partial charge < -0.3 is 0 Å². The molecule has 1 aliphatic carbocycles. The summed E-state index contributed by atoms with van der Waals surface area (Å²) < 4.78 is 0. The summed E-state index contributed by atoms with van der Waals surface area (Å²) in [7, 11) is 0. The van der Waals surface area contributed by atoms with E-state index in [-0.39, 0.29) is 0 Å². The van der Waals surface area contributed by atoms with Crippen molar-refractivity contribution in [1.29, 1.82) is 0 Å². The van der Waals surface area contributed by atoms with Crippen LogP contribution in [0.4, 0.5) is 0 Å². The number of alkyl halides is 1. The molecule has 4 heteroatoms. The van der Waals surface area contributed by atoms with Crippen molar-refractivity contribution in [2.45, 2.75) is 42.6 Å². The molecule has 78 valence electrons. The topological polar surface area (TPSA) is 12.9 Å². The number of hydrogen-bond donors (Lipinski definition) is 0. The minimum absolute atomic E-state index is 0.603. The molecule has 0 aliphatic heterocycles. The van der Waals surface area contributed by atoms with E-state index in [0.717, 1.165) is 11.0 Å². The predicted octanol–water partition coefficient (Wildman–Crippen LogP) is 4.06. The minimum atomic E-state index is 0.603. The number of thioether (sulfide) groups is 1. The van der Waals surface area contributed by atoms with Gasteiger partial charge in [-0.15, -0.1) is 22.9 Å². The van der Waals surface area contributed by atoms with Crippen molar-refractivity contribution in [2.75, 3.05) is 0 Å². The summed E-state index contributed by atoms with van der Waals surface area (Å²) in [6.45, 7) is 0. The van der Waals surface area contributed by atoms with Gasteiger partial charge in [0.1, 0.15) is 5.01 Å². The largest absolute Gasteiger partial charge is 0.248 e. The van der Waals surface area contributed by atoms with Gasteiger partial charge in [0.25, 0.3) is 0 Å². The van der Waals surface area contributed by atoms with Crippen LogP contribution in [0.5, 0.6) is 0 Å². The molecule has 0 unspecified atom stereocenters. The molecular formula is C10H14ClNS2. The molecule has 1 nitrogen and oxygen atoms in total. The molecule has 0 aromatic carbocycles. The Morgan fingerprint density at radius 3 is 2.93 bits per heavy atom. The molecule has 1 heterocycles. The van der Waals surface area contributed by atoms with Crippen molar-refractivity contribution < 1.29 is 0 Å². The van der Waals surface area contributed by atoms with E-state index in [9.17, 15) is 0 Å². The number of aromatic nitrogens is 1. The second-order valence-corrected chi connectivity index (χ2v) is 6.33. The van der Waals surface area contributed by atoms with Gasteiger partial charge in [-0.1, -0.05) is 12.8 Å². The zero-order chi connectivity index (χ0) is 9.80. The first kappa shape index (κ1) is 10.8. The fraction of sp³-hybridized carbons (Fsp3) is 0.700. The number of halogens is 1. The lowest BCUT2D eigenvalue weighted by molar-refractivity contribution is 0.886. The minimum Gasteiger partial charge on any atom is -0.248 e. The fourth-order valence-corrected chi connectivity index (χ4v) is 4.08. The van der Waals surface area contributed by atoms with Gasteiger partial charge in [-0.3, -0.25) is 0 Å². The van der Waals surface area contributed by atoms with Crippen LogP contribution >= 0.6 is 34.7 Å². The third-order valence-corrected chi connectivity index (χ3v) is 5.49. The van der Waals surface area contributed by atoms with Crippen LogP contribution in [0.2, 0.25) is 0 Å². The van der Waals surface area contributed by atoms with E-state index in [0.29, 0.717) is 5.88 Å². The summed E-state index contributed by atoms with van der Waals surface area (Å²) in [5.74, 6) is 1.68. The molecule has 0 saturated heterocycles. The number of nitrogens with zero attached hydrogens (tertiary/aromatic N) is 1. The molecule has 0 radical (unpaired) electrons. The molecule has 1 aliphatic rings. The van der Waals surface area contributed by atoms with Crippen LogP contribution in [-0.2, 0) is 11.6 Å². The molecule has 2 rings (SSSR count). The Bertz CT molecular complexity index is 281. The summed E-state index contributed by atoms with van der Waals surface area (Å²) in [4.78, 5) is 5.55. The molecule has 0 bridgehead atoms. The third-order valence-electron chi connectivity index (χ3n) is 2.48. The number of rotatable bonds is 4. The maximum atomic E-state index is 5.73. The molecule has 1 aromatic rings. The van der Waals surface area contributed by atoms with Crippen molar-refractivity contribution in [3.05, 3.63) is 16.1 Å². The Kier molecular flexibility index (Phi) is 4.14. The van der Waals surface area contributed by atoms with Crippen molar-refractivity contribution in [2.24, 2.45) is 0 Å². The molecule has 0 spiro atoms. The van der Waals surface area contributed by atoms with E-state index in [1.54, 1.807) is 11.3 Å². The lowest BCUT2D eigenvalue weighted by atomic mass is 10.4. The molecule has 1 aromatic heterocycles. The van der Waals surface area contributed by atoms with Crippen molar-refractivity contribution >= 4 is 34.7 Å². The van der Waals surface area contributed by atoms with E-state index in [4.69, 9.17) is 11.6 Å².